The van der Waals surface area contributed by atoms with Crippen molar-refractivity contribution in [2.24, 2.45) is 0 Å². The van der Waals surface area contributed by atoms with E-state index in [9.17, 15) is 13.2 Å². The van der Waals surface area contributed by atoms with Gasteiger partial charge in [0, 0.05) is 44.1 Å². The van der Waals surface area contributed by atoms with E-state index >= 15 is 0 Å². The number of anilines is 1. The van der Waals surface area contributed by atoms with E-state index < -0.39 is 10.0 Å². The second-order valence-corrected chi connectivity index (χ2v) is 9.84. The molecular weight excluding hydrogens is 412 g/mol. The number of piperidine rings is 1. The minimum Gasteiger partial charge on any atom is -0.338 e. The first-order valence-electron chi connectivity index (χ1n) is 10.3. The molecule has 1 aromatic heterocycles. The van der Waals surface area contributed by atoms with Crippen LogP contribution in [0.4, 0.5) is 5.69 Å². The number of nitrogens with zero attached hydrogens (tertiary/aromatic N) is 4. The summed E-state index contributed by atoms with van der Waals surface area (Å²) in [5.74, 6) is -0.140. The largest absolute Gasteiger partial charge is 0.338 e. The second kappa shape index (κ2) is 8.55. The van der Waals surface area contributed by atoms with Gasteiger partial charge in [-0.1, -0.05) is 23.8 Å². The van der Waals surface area contributed by atoms with Gasteiger partial charge in [-0.25, -0.2) is 13.4 Å². The van der Waals surface area contributed by atoms with Gasteiger partial charge in [-0.3, -0.25) is 9.10 Å². The normalized spacial score (nSPS) is 15.1. The van der Waals surface area contributed by atoms with Gasteiger partial charge in [-0.2, -0.15) is 0 Å². The topological polar surface area (TPSA) is 75.5 Å². The molecule has 0 atom stereocenters. The number of carbonyl (C=O) groups is 1. The van der Waals surface area contributed by atoms with Crippen molar-refractivity contribution in [2.45, 2.75) is 30.7 Å². The van der Waals surface area contributed by atoms with Gasteiger partial charge in [0.2, 0.25) is 0 Å². The van der Waals surface area contributed by atoms with Crippen molar-refractivity contribution in [3.05, 3.63) is 78.4 Å². The smallest absolute Gasteiger partial charge is 0.264 e. The molecule has 1 saturated heterocycles. The summed E-state index contributed by atoms with van der Waals surface area (Å²) in [6, 6.07) is 13.9. The first kappa shape index (κ1) is 21.1. The Hall–Kier alpha value is -3.13. The fraction of sp³-hybridized carbons (Fsp3) is 0.304. The monoisotopic (exact) mass is 438 g/mol. The van der Waals surface area contributed by atoms with Crippen molar-refractivity contribution in [2.75, 3.05) is 24.4 Å². The number of aromatic nitrogens is 2. The lowest BCUT2D eigenvalue weighted by Crippen LogP contribution is -2.39. The quantitative estimate of drug-likeness (QED) is 0.611. The third-order valence-corrected chi connectivity index (χ3v) is 7.62. The van der Waals surface area contributed by atoms with Crippen LogP contribution in [0.15, 0.2) is 72.1 Å². The van der Waals surface area contributed by atoms with Crippen LogP contribution in [-0.4, -0.2) is 48.9 Å². The average Bonchev–Trinajstić information content (AvgIpc) is 3.34. The molecule has 4 rings (SSSR count). The Balaban J connectivity index is 1.50. The molecule has 1 aliphatic rings. The highest BCUT2D eigenvalue weighted by Gasteiger charge is 2.26. The number of aryl methyl sites for hydroxylation is 1. The molecule has 1 amide bonds. The number of sulfonamides is 1. The summed E-state index contributed by atoms with van der Waals surface area (Å²) in [5.41, 5.74) is 2.02. The maximum Gasteiger partial charge on any atom is 0.264 e. The Morgan fingerprint density at radius 3 is 2.45 bits per heavy atom. The van der Waals surface area contributed by atoms with E-state index in [0.29, 0.717) is 30.4 Å². The fourth-order valence-corrected chi connectivity index (χ4v) is 5.12. The van der Waals surface area contributed by atoms with Crippen LogP contribution in [0.25, 0.3) is 0 Å². The molecule has 0 unspecified atom stereocenters. The van der Waals surface area contributed by atoms with E-state index in [-0.39, 0.29) is 10.8 Å². The highest BCUT2D eigenvalue weighted by atomic mass is 32.2. The van der Waals surface area contributed by atoms with Gasteiger partial charge in [-0.15, -0.1) is 0 Å². The number of amides is 1. The van der Waals surface area contributed by atoms with Crippen molar-refractivity contribution in [1.29, 1.82) is 0 Å². The minimum absolute atomic E-state index is 0.106. The van der Waals surface area contributed by atoms with Crippen LogP contribution >= 0.6 is 0 Å². The standard InChI is InChI=1S/C23H26N4O3S/c1-18-6-8-20(9-7-18)25(2)31(29,30)22-5-3-4-19(16-22)23(28)26-13-10-21(11-14-26)27-15-12-24-17-27/h3-9,12,15-17,21H,10-11,13-14H2,1-2H3. The van der Waals surface area contributed by atoms with Crippen LogP contribution < -0.4 is 4.31 Å². The number of carbonyl (C=O) groups excluding carboxylic acids is 1. The lowest BCUT2D eigenvalue weighted by Gasteiger charge is -2.32. The van der Waals surface area contributed by atoms with Crippen LogP contribution in [0, 0.1) is 6.92 Å². The summed E-state index contributed by atoms with van der Waals surface area (Å²) in [4.78, 5) is 19.0. The average molecular weight is 439 g/mol. The summed E-state index contributed by atoms with van der Waals surface area (Å²) >= 11 is 0. The van der Waals surface area contributed by atoms with Gasteiger partial charge in [0.25, 0.3) is 15.9 Å². The number of rotatable bonds is 5. The Labute approximate surface area is 183 Å². The van der Waals surface area contributed by atoms with Gasteiger partial charge in [-0.05, 0) is 50.1 Å². The number of hydrogen-bond acceptors (Lipinski definition) is 4. The molecule has 0 aliphatic carbocycles. The summed E-state index contributed by atoms with van der Waals surface area (Å²) in [6.07, 6.45) is 7.20. The zero-order valence-corrected chi connectivity index (χ0v) is 18.5. The van der Waals surface area contributed by atoms with Crippen LogP contribution in [0.1, 0.15) is 34.8 Å². The molecule has 3 aromatic rings. The van der Waals surface area contributed by atoms with Crippen molar-refractivity contribution >= 4 is 21.6 Å². The zero-order valence-electron chi connectivity index (χ0n) is 17.7. The lowest BCUT2D eigenvalue weighted by molar-refractivity contribution is 0.0694. The molecular formula is C23H26N4O3S. The first-order valence-corrected chi connectivity index (χ1v) is 11.7. The predicted octanol–water partition coefficient (Wildman–Crippen LogP) is 3.49. The Kier molecular flexibility index (Phi) is 5.82. The molecule has 0 saturated carbocycles. The molecule has 0 N–H and O–H groups in total. The molecule has 0 bridgehead atoms. The molecule has 8 heteroatoms. The summed E-state index contributed by atoms with van der Waals surface area (Å²) in [6.45, 7) is 3.20. The first-order chi connectivity index (χ1) is 14.9. The molecule has 1 fully saturated rings. The van der Waals surface area contributed by atoms with E-state index in [1.54, 1.807) is 41.7 Å². The molecule has 2 heterocycles. The van der Waals surface area contributed by atoms with Gasteiger partial charge in [0.05, 0.1) is 16.9 Å². The van der Waals surface area contributed by atoms with Crippen LogP contribution in [0.2, 0.25) is 0 Å². The van der Waals surface area contributed by atoms with Crippen molar-refractivity contribution in [1.82, 2.24) is 14.5 Å². The lowest BCUT2D eigenvalue weighted by atomic mass is 10.0. The Morgan fingerprint density at radius 1 is 1.10 bits per heavy atom. The molecule has 2 aromatic carbocycles. The maximum atomic E-state index is 13.1. The van der Waals surface area contributed by atoms with Gasteiger partial charge in [0.15, 0.2) is 0 Å². The minimum atomic E-state index is -3.78. The van der Waals surface area contributed by atoms with E-state index in [0.717, 1.165) is 18.4 Å². The highest BCUT2D eigenvalue weighted by Crippen LogP contribution is 2.26. The van der Waals surface area contributed by atoms with Crippen molar-refractivity contribution in [3.63, 3.8) is 0 Å². The number of hydrogen-bond donors (Lipinski definition) is 0. The maximum absolute atomic E-state index is 13.1. The van der Waals surface area contributed by atoms with E-state index in [1.807, 2.05) is 25.3 Å². The SMILES string of the molecule is Cc1ccc(N(C)S(=O)(=O)c2cccc(C(=O)N3CCC(n4ccnc4)CC3)c2)cc1. The summed E-state index contributed by atoms with van der Waals surface area (Å²) in [5, 5.41) is 0. The molecule has 31 heavy (non-hydrogen) atoms. The van der Waals surface area contributed by atoms with E-state index in [4.69, 9.17) is 0 Å². The third kappa shape index (κ3) is 4.34. The number of likely N-dealkylation sites (tertiary alicyclic amines) is 1. The molecule has 0 spiro atoms. The predicted molar refractivity (Wildman–Crippen MR) is 120 cm³/mol. The van der Waals surface area contributed by atoms with Crippen LogP contribution in [0.5, 0.6) is 0 Å². The Bertz CT molecular complexity index is 1150. The van der Waals surface area contributed by atoms with Gasteiger partial charge >= 0.3 is 0 Å². The van der Waals surface area contributed by atoms with E-state index in [1.165, 1.54) is 23.5 Å². The summed E-state index contributed by atoms with van der Waals surface area (Å²) in [7, 11) is -2.25. The van der Waals surface area contributed by atoms with Gasteiger partial charge < -0.3 is 9.47 Å². The fourth-order valence-electron chi connectivity index (χ4n) is 3.88. The van der Waals surface area contributed by atoms with Crippen molar-refractivity contribution < 1.29 is 13.2 Å². The van der Waals surface area contributed by atoms with Gasteiger partial charge in [0.1, 0.15) is 0 Å². The van der Waals surface area contributed by atoms with E-state index in [2.05, 4.69) is 9.55 Å². The number of imidazole rings is 1. The molecule has 1 aliphatic heterocycles. The summed E-state index contributed by atoms with van der Waals surface area (Å²) < 4.78 is 29.6. The second-order valence-electron chi connectivity index (χ2n) is 7.87. The molecule has 0 radical (unpaired) electrons. The molecule has 162 valence electrons. The third-order valence-electron chi connectivity index (χ3n) is 5.84. The Morgan fingerprint density at radius 2 is 1.81 bits per heavy atom. The van der Waals surface area contributed by atoms with Crippen LogP contribution in [0.3, 0.4) is 0 Å². The van der Waals surface area contributed by atoms with Crippen LogP contribution in [-0.2, 0) is 10.0 Å². The number of benzene rings is 2. The highest BCUT2D eigenvalue weighted by molar-refractivity contribution is 7.92. The molecule has 7 nitrogen and oxygen atoms in total. The van der Waals surface area contributed by atoms with Crippen molar-refractivity contribution in [3.8, 4) is 0 Å². The zero-order chi connectivity index (χ0) is 22.0.